The number of carbonyl (C=O) groups excluding carboxylic acids is 1. The van der Waals surface area contributed by atoms with Gasteiger partial charge in [-0.1, -0.05) is 12.1 Å². The number of nitrogens with one attached hydrogen (secondary N) is 2. The normalized spacial score (nSPS) is 11.9. The molecule has 0 aliphatic carbocycles. The van der Waals surface area contributed by atoms with Gasteiger partial charge in [0.2, 0.25) is 0 Å². The Kier molecular flexibility index (Phi) is 4.71. The number of phenolic OH excluding ortho intramolecular Hbond substituents is 1. The van der Waals surface area contributed by atoms with Crippen LogP contribution in [0.5, 0.6) is 5.75 Å². The van der Waals surface area contributed by atoms with Crippen molar-refractivity contribution in [2.75, 3.05) is 0 Å². The Bertz CT molecular complexity index is 644. The molecule has 1 amide bonds. The fourth-order valence-electron chi connectivity index (χ4n) is 1.89. The van der Waals surface area contributed by atoms with E-state index in [1.807, 2.05) is 19.1 Å². The highest BCUT2D eigenvalue weighted by molar-refractivity contribution is 5.92. The fourth-order valence-corrected chi connectivity index (χ4v) is 1.89. The minimum atomic E-state index is -0.341. The van der Waals surface area contributed by atoms with Gasteiger partial charge in [0.15, 0.2) is 0 Å². The predicted octanol–water partition coefficient (Wildman–Crippen LogP) is 1.23. The lowest BCUT2D eigenvalue weighted by Crippen LogP contribution is -2.34. The molecule has 6 nitrogen and oxygen atoms in total. The highest BCUT2D eigenvalue weighted by Crippen LogP contribution is 2.12. The Labute approximate surface area is 121 Å². The standard InChI is InChI=1S/C15H17N3O3/c1-10(2-3-11-4-6-12(19)7-5-11)16-15(21)13-8-9-14(20)18-17-13/h4-10,19H,2-3H2,1H3,(H,16,21)(H,18,20). The van der Waals surface area contributed by atoms with Gasteiger partial charge in [0, 0.05) is 12.1 Å². The van der Waals surface area contributed by atoms with Crippen LogP contribution in [0.25, 0.3) is 0 Å². The molecule has 1 unspecified atom stereocenters. The number of hydrogen-bond acceptors (Lipinski definition) is 4. The number of H-pyrrole nitrogens is 1. The van der Waals surface area contributed by atoms with E-state index in [1.54, 1.807) is 12.1 Å². The number of carbonyl (C=O) groups is 1. The first-order valence-electron chi connectivity index (χ1n) is 6.69. The zero-order valence-corrected chi connectivity index (χ0v) is 11.7. The molecule has 3 N–H and O–H groups in total. The van der Waals surface area contributed by atoms with E-state index < -0.39 is 0 Å². The van der Waals surface area contributed by atoms with Gasteiger partial charge < -0.3 is 10.4 Å². The van der Waals surface area contributed by atoms with Gasteiger partial charge in [-0.2, -0.15) is 5.10 Å². The second kappa shape index (κ2) is 6.69. The summed E-state index contributed by atoms with van der Waals surface area (Å²) in [6.07, 6.45) is 1.56. The Morgan fingerprint density at radius 1 is 1.29 bits per heavy atom. The van der Waals surface area contributed by atoms with Crippen LogP contribution in [0.1, 0.15) is 29.4 Å². The first kappa shape index (κ1) is 14.8. The first-order chi connectivity index (χ1) is 10.0. The molecule has 1 atom stereocenters. The van der Waals surface area contributed by atoms with E-state index in [9.17, 15) is 14.7 Å². The zero-order valence-electron chi connectivity index (χ0n) is 11.7. The number of rotatable bonds is 5. The highest BCUT2D eigenvalue weighted by Gasteiger charge is 2.11. The Hall–Kier alpha value is -2.63. The molecular weight excluding hydrogens is 270 g/mol. The van der Waals surface area contributed by atoms with Crippen molar-refractivity contribution < 1.29 is 9.90 Å². The van der Waals surface area contributed by atoms with Crippen molar-refractivity contribution in [2.45, 2.75) is 25.8 Å². The zero-order chi connectivity index (χ0) is 15.2. The van der Waals surface area contributed by atoms with Gasteiger partial charge in [-0.15, -0.1) is 0 Å². The quantitative estimate of drug-likeness (QED) is 0.770. The van der Waals surface area contributed by atoms with Crippen LogP contribution in [0, 0.1) is 0 Å². The van der Waals surface area contributed by atoms with Crippen molar-refractivity contribution in [2.24, 2.45) is 0 Å². The van der Waals surface area contributed by atoms with Crippen LogP contribution in [0.3, 0.4) is 0 Å². The minimum Gasteiger partial charge on any atom is -0.508 e. The lowest BCUT2D eigenvalue weighted by Gasteiger charge is -2.13. The number of aromatic hydroxyl groups is 1. The summed E-state index contributed by atoms with van der Waals surface area (Å²) >= 11 is 0. The smallest absolute Gasteiger partial charge is 0.271 e. The SMILES string of the molecule is CC(CCc1ccc(O)cc1)NC(=O)c1ccc(=O)[nH]n1. The van der Waals surface area contributed by atoms with Crippen molar-refractivity contribution in [3.8, 4) is 5.75 Å². The van der Waals surface area contributed by atoms with Crippen molar-refractivity contribution in [1.82, 2.24) is 15.5 Å². The molecule has 0 fully saturated rings. The average molecular weight is 287 g/mol. The Morgan fingerprint density at radius 2 is 2.00 bits per heavy atom. The summed E-state index contributed by atoms with van der Waals surface area (Å²) in [6.45, 7) is 1.91. The summed E-state index contributed by atoms with van der Waals surface area (Å²) in [5.41, 5.74) is 0.939. The molecule has 1 heterocycles. The van der Waals surface area contributed by atoms with Crippen molar-refractivity contribution in [1.29, 1.82) is 0 Å². The summed E-state index contributed by atoms with van der Waals surface area (Å²) in [5.74, 6) is -0.0753. The number of aromatic amines is 1. The lowest BCUT2D eigenvalue weighted by atomic mass is 10.1. The third-order valence-corrected chi connectivity index (χ3v) is 3.09. The molecule has 6 heteroatoms. The lowest BCUT2D eigenvalue weighted by molar-refractivity contribution is 0.0932. The number of phenols is 1. The third-order valence-electron chi connectivity index (χ3n) is 3.09. The van der Waals surface area contributed by atoms with E-state index in [1.165, 1.54) is 12.1 Å². The fraction of sp³-hybridized carbons (Fsp3) is 0.267. The summed E-state index contributed by atoms with van der Waals surface area (Å²) < 4.78 is 0. The highest BCUT2D eigenvalue weighted by atomic mass is 16.3. The van der Waals surface area contributed by atoms with Gasteiger partial charge in [0.05, 0.1) is 0 Å². The second-order valence-electron chi connectivity index (χ2n) is 4.89. The van der Waals surface area contributed by atoms with Crippen LogP contribution in [-0.2, 0) is 6.42 Å². The van der Waals surface area contributed by atoms with E-state index in [0.29, 0.717) is 0 Å². The third kappa shape index (κ3) is 4.45. The molecule has 21 heavy (non-hydrogen) atoms. The van der Waals surface area contributed by atoms with Gasteiger partial charge in [0.1, 0.15) is 11.4 Å². The van der Waals surface area contributed by atoms with Crippen LogP contribution in [0.4, 0.5) is 0 Å². The number of amides is 1. The number of hydrogen-bond donors (Lipinski definition) is 3. The first-order valence-corrected chi connectivity index (χ1v) is 6.69. The van der Waals surface area contributed by atoms with Gasteiger partial charge in [-0.25, -0.2) is 5.10 Å². The maximum atomic E-state index is 11.9. The number of aryl methyl sites for hydroxylation is 1. The van der Waals surface area contributed by atoms with Gasteiger partial charge in [-0.3, -0.25) is 9.59 Å². The molecular formula is C15H17N3O3. The van der Waals surface area contributed by atoms with E-state index >= 15 is 0 Å². The topological polar surface area (TPSA) is 95.1 Å². The predicted molar refractivity (Wildman–Crippen MR) is 78.2 cm³/mol. The molecule has 0 saturated carbocycles. The summed E-state index contributed by atoms with van der Waals surface area (Å²) in [7, 11) is 0. The number of benzene rings is 1. The monoisotopic (exact) mass is 287 g/mol. The molecule has 2 rings (SSSR count). The van der Waals surface area contributed by atoms with E-state index in [-0.39, 0.29) is 29.0 Å². The maximum Gasteiger partial charge on any atom is 0.271 e. The van der Waals surface area contributed by atoms with Crippen molar-refractivity contribution in [3.05, 3.63) is 58.0 Å². The molecule has 0 spiro atoms. The van der Waals surface area contributed by atoms with Crippen LogP contribution in [0.2, 0.25) is 0 Å². The molecule has 1 aromatic carbocycles. The largest absolute Gasteiger partial charge is 0.508 e. The van der Waals surface area contributed by atoms with E-state index in [4.69, 9.17) is 0 Å². The van der Waals surface area contributed by atoms with Crippen LogP contribution in [0.15, 0.2) is 41.2 Å². The molecule has 0 radical (unpaired) electrons. The van der Waals surface area contributed by atoms with Gasteiger partial charge in [0.25, 0.3) is 11.5 Å². The summed E-state index contributed by atoms with van der Waals surface area (Å²) in [5, 5.41) is 17.9. The maximum absolute atomic E-state index is 11.9. The van der Waals surface area contributed by atoms with E-state index in [2.05, 4.69) is 15.5 Å². The summed E-state index contributed by atoms with van der Waals surface area (Å²) in [6, 6.07) is 9.62. The van der Waals surface area contributed by atoms with Crippen molar-refractivity contribution in [3.63, 3.8) is 0 Å². The van der Waals surface area contributed by atoms with E-state index in [0.717, 1.165) is 18.4 Å². The molecule has 1 aromatic heterocycles. The molecule has 0 bridgehead atoms. The van der Waals surface area contributed by atoms with Crippen LogP contribution in [-0.4, -0.2) is 27.3 Å². The minimum absolute atomic E-state index is 0.0277. The van der Waals surface area contributed by atoms with Crippen LogP contribution < -0.4 is 10.9 Å². The van der Waals surface area contributed by atoms with Gasteiger partial charge >= 0.3 is 0 Å². The number of aromatic nitrogens is 2. The molecule has 0 aliphatic heterocycles. The average Bonchev–Trinajstić information content (AvgIpc) is 2.47. The molecule has 110 valence electrons. The molecule has 2 aromatic rings. The summed E-state index contributed by atoms with van der Waals surface area (Å²) in [4.78, 5) is 22.8. The Balaban J connectivity index is 1.85. The number of nitrogens with zero attached hydrogens (tertiary/aromatic N) is 1. The van der Waals surface area contributed by atoms with Gasteiger partial charge in [-0.05, 0) is 43.5 Å². The van der Waals surface area contributed by atoms with Crippen molar-refractivity contribution >= 4 is 5.91 Å². The van der Waals surface area contributed by atoms with Crippen LogP contribution >= 0.6 is 0 Å². The second-order valence-corrected chi connectivity index (χ2v) is 4.89. The molecule has 0 aliphatic rings. The molecule has 0 saturated heterocycles. The Morgan fingerprint density at radius 3 is 2.62 bits per heavy atom.